The van der Waals surface area contributed by atoms with Crippen LogP contribution in [0.3, 0.4) is 0 Å². The average Bonchev–Trinajstić information content (AvgIpc) is 2.57. The number of hydrogen-bond acceptors (Lipinski definition) is 4. The van der Waals surface area contributed by atoms with E-state index in [-0.39, 0.29) is 6.54 Å². The van der Waals surface area contributed by atoms with Gasteiger partial charge in [0.1, 0.15) is 5.82 Å². The van der Waals surface area contributed by atoms with Crippen molar-refractivity contribution in [1.29, 1.82) is 0 Å². The van der Waals surface area contributed by atoms with Gasteiger partial charge in [0.25, 0.3) is 10.2 Å². The molecule has 1 aliphatic rings. The van der Waals surface area contributed by atoms with Crippen LogP contribution in [0.4, 0.5) is 5.82 Å². The van der Waals surface area contributed by atoms with Gasteiger partial charge in [0.05, 0.1) is 12.2 Å². The molecule has 0 unspecified atom stereocenters. The van der Waals surface area contributed by atoms with E-state index in [9.17, 15) is 8.42 Å². The Labute approximate surface area is 108 Å². The number of nitrogens with zero attached hydrogens (tertiary/aromatic N) is 3. The minimum absolute atomic E-state index is 0.285. The molecular formula is C11H18N4O2S. The van der Waals surface area contributed by atoms with Crippen molar-refractivity contribution in [1.82, 2.24) is 13.6 Å². The molecule has 0 spiro atoms. The predicted octanol–water partition coefficient (Wildman–Crippen LogP) is 0.436. The zero-order valence-corrected chi connectivity index (χ0v) is 11.2. The normalized spacial score (nSPS) is 20.3. The van der Waals surface area contributed by atoms with Gasteiger partial charge in [0.15, 0.2) is 0 Å². The highest BCUT2D eigenvalue weighted by Gasteiger charge is 2.35. The summed E-state index contributed by atoms with van der Waals surface area (Å²) in [5.74, 6) is 0.412. The summed E-state index contributed by atoms with van der Waals surface area (Å²) >= 11 is 0. The van der Waals surface area contributed by atoms with Crippen molar-refractivity contribution in [2.45, 2.75) is 19.9 Å². The van der Waals surface area contributed by atoms with Crippen LogP contribution in [0, 0.1) is 0 Å². The van der Waals surface area contributed by atoms with E-state index in [4.69, 9.17) is 5.73 Å². The van der Waals surface area contributed by atoms with Crippen LogP contribution in [0.15, 0.2) is 18.2 Å². The van der Waals surface area contributed by atoms with Crippen LogP contribution in [0.1, 0.15) is 19.0 Å². The minimum Gasteiger partial charge on any atom is -0.384 e. The first-order valence-electron chi connectivity index (χ1n) is 6.00. The Morgan fingerprint density at radius 1 is 1.33 bits per heavy atom. The summed E-state index contributed by atoms with van der Waals surface area (Å²) in [5.41, 5.74) is 6.26. The van der Waals surface area contributed by atoms with Crippen LogP contribution < -0.4 is 5.73 Å². The van der Waals surface area contributed by atoms with Crippen LogP contribution in [0.25, 0.3) is 0 Å². The minimum atomic E-state index is -3.32. The van der Waals surface area contributed by atoms with Crippen molar-refractivity contribution >= 4 is 16.0 Å². The van der Waals surface area contributed by atoms with Crippen molar-refractivity contribution in [2.24, 2.45) is 0 Å². The van der Waals surface area contributed by atoms with Crippen molar-refractivity contribution in [2.75, 3.05) is 25.4 Å². The molecule has 0 atom stereocenters. The highest BCUT2D eigenvalue weighted by molar-refractivity contribution is 7.87. The quantitative estimate of drug-likeness (QED) is 0.860. The van der Waals surface area contributed by atoms with E-state index in [1.165, 1.54) is 8.61 Å². The summed E-state index contributed by atoms with van der Waals surface area (Å²) in [4.78, 5) is 4.13. The molecule has 1 aromatic rings. The molecule has 6 nitrogen and oxygen atoms in total. The lowest BCUT2D eigenvalue weighted by molar-refractivity contribution is 0.436. The van der Waals surface area contributed by atoms with Crippen LogP contribution in [-0.4, -0.2) is 41.6 Å². The summed E-state index contributed by atoms with van der Waals surface area (Å²) in [5, 5.41) is 0. The van der Waals surface area contributed by atoms with Gasteiger partial charge in [-0.25, -0.2) is 4.98 Å². The first kappa shape index (κ1) is 13.3. The third kappa shape index (κ3) is 2.63. The number of nitrogen functional groups attached to an aromatic ring is 1. The molecule has 0 radical (unpaired) electrons. The largest absolute Gasteiger partial charge is 0.384 e. The number of rotatable bonds is 4. The maximum Gasteiger partial charge on any atom is 0.282 e. The van der Waals surface area contributed by atoms with Crippen LogP contribution >= 0.6 is 0 Å². The van der Waals surface area contributed by atoms with Crippen molar-refractivity contribution in [3.63, 3.8) is 0 Å². The number of hydrogen-bond donors (Lipinski definition) is 1. The van der Waals surface area contributed by atoms with Gasteiger partial charge in [0.2, 0.25) is 0 Å². The molecule has 2 N–H and O–H groups in total. The van der Waals surface area contributed by atoms with Gasteiger partial charge in [-0.3, -0.25) is 0 Å². The summed E-state index contributed by atoms with van der Waals surface area (Å²) in [6, 6.07) is 5.25. The average molecular weight is 270 g/mol. The van der Waals surface area contributed by atoms with E-state index in [0.29, 0.717) is 31.1 Å². The van der Waals surface area contributed by atoms with Crippen molar-refractivity contribution in [3.8, 4) is 0 Å². The number of anilines is 1. The maximum atomic E-state index is 12.2. The number of nitrogens with two attached hydrogens (primary N) is 1. The molecule has 100 valence electrons. The van der Waals surface area contributed by atoms with E-state index in [0.717, 1.165) is 6.42 Å². The van der Waals surface area contributed by atoms with E-state index >= 15 is 0 Å². The molecule has 18 heavy (non-hydrogen) atoms. The highest BCUT2D eigenvalue weighted by atomic mass is 32.2. The van der Waals surface area contributed by atoms with E-state index < -0.39 is 10.2 Å². The fourth-order valence-electron chi connectivity index (χ4n) is 2.02. The predicted molar refractivity (Wildman–Crippen MR) is 69.8 cm³/mol. The molecular weight excluding hydrogens is 252 g/mol. The monoisotopic (exact) mass is 270 g/mol. The first-order valence-corrected chi connectivity index (χ1v) is 7.40. The van der Waals surface area contributed by atoms with Gasteiger partial charge in [-0.1, -0.05) is 13.0 Å². The van der Waals surface area contributed by atoms with E-state index in [1.807, 2.05) is 6.92 Å². The fraction of sp³-hybridized carbons (Fsp3) is 0.545. The van der Waals surface area contributed by atoms with Gasteiger partial charge in [-0.2, -0.15) is 17.0 Å². The standard InChI is InChI=1S/C11H18N4O2S/c1-2-6-14-7-8-15(18(14,16)17)9-10-4-3-5-11(12)13-10/h3-5H,2,6-9H2,1H3,(H2,12,13). The lowest BCUT2D eigenvalue weighted by Gasteiger charge is -2.17. The molecule has 2 heterocycles. The Morgan fingerprint density at radius 2 is 2.06 bits per heavy atom. The fourth-order valence-corrected chi connectivity index (χ4v) is 3.68. The second-order valence-corrected chi connectivity index (χ2v) is 6.22. The SMILES string of the molecule is CCCN1CCN(Cc2cccc(N)n2)S1(=O)=O. The van der Waals surface area contributed by atoms with Crippen LogP contribution in [0.5, 0.6) is 0 Å². The molecule has 0 saturated carbocycles. The summed E-state index contributed by atoms with van der Waals surface area (Å²) in [6.07, 6.45) is 0.823. The molecule has 1 aliphatic heterocycles. The maximum absolute atomic E-state index is 12.2. The third-order valence-electron chi connectivity index (χ3n) is 2.89. The molecule has 2 rings (SSSR count). The smallest absolute Gasteiger partial charge is 0.282 e. The second-order valence-electron chi connectivity index (χ2n) is 4.29. The Bertz CT molecular complexity index is 518. The molecule has 0 aliphatic carbocycles. The molecule has 1 fully saturated rings. The summed E-state index contributed by atoms with van der Waals surface area (Å²) in [6.45, 7) is 3.89. The molecule has 1 saturated heterocycles. The van der Waals surface area contributed by atoms with Crippen LogP contribution in [-0.2, 0) is 16.8 Å². The van der Waals surface area contributed by atoms with Crippen molar-refractivity contribution in [3.05, 3.63) is 23.9 Å². The van der Waals surface area contributed by atoms with E-state index in [2.05, 4.69) is 4.98 Å². The van der Waals surface area contributed by atoms with Gasteiger partial charge in [-0.05, 0) is 18.6 Å². The third-order valence-corrected chi connectivity index (χ3v) is 4.87. The Kier molecular flexibility index (Phi) is 3.84. The zero-order valence-electron chi connectivity index (χ0n) is 10.4. The Hall–Kier alpha value is -1.18. The molecule has 0 amide bonds. The molecule has 7 heteroatoms. The molecule has 0 bridgehead atoms. The van der Waals surface area contributed by atoms with Gasteiger partial charge < -0.3 is 5.73 Å². The number of pyridine rings is 1. The Balaban J connectivity index is 2.12. The Morgan fingerprint density at radius 3 is 2.72 bits per heavy atom. The molecule has 1 aromatic heterocycles. The lowest BCUT2D eigenvalue weighted by atomic mass is 10.3. The van der Waals surface area contributed by atoms with E-state index in [1.54, 1.807) is 18.2 Å². The summed E-state index contributed by atoms with van der Waals surface area (Å²) in [7, 11) is -3.32. The number of aromatic nitrogens is 1. The van der Waals surface area contributed by atoms with Gasteiger partial charge in [0, 0.05) is 19.6 Å². The van der Waals surface area contributed by atoms with Gasteiger partial charge in [-0.15, -0.1) is 0 Å². The van der Waals surface area contributed by atoms with Crippen molar-refractivity contribution < 1.29 is 8.42 Å². The first-order chi connectivity index (χ1) is 8.54. The van der Waals surface area contributed by atoms with Gasteiger partial charge >= 0.3 is 0 Å². The topological polar surface area (TPSA) is 79.5 Å². The summed E-state index contributed by atoms with van der Waals surface area (Å²) < 4.78 is 27.3. The zero-order chi connectivity index (χ0) is 13.2. The highest BCUT2D eigenvalue weighted by Crippen LogP contribution is 2.19. The lowest BCUT2D eigenvalue weighted by Crippen LogP contribution is -2.33. The second kappa shape index (κ2) is 5.21. The van der Waals surface area contributed by atoms with Crippen LogP contribution in [0.2, 0.25) is 0 Å². The molecule has 0 aromatic carbocycles.